The van der Waals surface area contributed by atoms with Gasteiger partial charge in [0.15, 0.2) is 5.11 Å². The summed E-state index contributed by atoms with van der Waals surface area (Å²) >= 11 is 4.54. The van der Waals surface area contributed by atoms with Crippen molar-refractivity contribution in [3.05, 3.63) is 29.3 Å². The quantitative estimate of drug-likeness (QED) is 0.468. The Balaban J connectivity index is 2.73. The molecule has 0 heterocycles. The number of hydrazine groups is 1. The van der Waals surface area contributed by atoms with Crippen LogP contribution in [0.4, 0.5) is 14.5 Å². The van der Waals surface area contributed by atoms with Gasteiger partial charge in [0, 0.05) is 25.2 Å². The van der Waals surface area contributed by atoms with Crippen molar-refractivity contribution >= 4 is 23.0 Å². The van der Waals surface area contributed by atoms with E-state index in [2.05, 4.69) is 28.4 Å². The van der Waals surface area contributed by atoms with Crippen LogP contribution in [0.25, 0.3) is 0 Å². The summed E-state index contributed by atoms with van der Waals surface area (Å²) in [6, 6.07) is 2.20. The van der Waals surface area contributed by atoms with Gasteiger partial charge >= 0.3 is 0 Å². The second-order valence-corrected chi connectivity index (χ2v) is 3.46. The van der Waals surface area contributed by atoms with Crippen molar-refractivity contribution in [2.75, 3.05) is 12.4 Å². The number of nitrogens with two attached hydrogens (primary N) is 1. The van der Waals surface area contributed by atoms with Gasteiger partial charge in [-0.2, -0.15) is 0 Å². The Morgan fingerprint density at radius 2 is 2.06 bits per heavy atom. The number of nitrogens with one attached hydrogen (secondary N) is 3. The van der Waals surface area contributed by atoms with Crippen LogP contribution in [0.5, 0.6) is 0 Å². The first-order valence-electron chi connectivity index (χ1n) is 4.48. The molecule has 0 atom stereocenters. The number of benzene rings is 1. The highest BCUT2D eigenvalue weighted by Gasteiger charge is 2.08. The molecule has 0 bridgehead atoms. The van der Waals surface area contributed by atoms with Crippen molar-refractivity contribution in [3.8, 4) is 0 Å². The Morgan fingerprint density at radius 1 is 1.38 bits per heavy atom. The minimum atomic E-state index is -0.518. The summed E-state index contributed by atoms with van der Waals surface area (Å²) in [7, 11) is 1.52. The van der Waals surface area contributed by atoms with Gasteiger partial charge < -0.3 is 11.1 Å². The van der Waals surface area contributed by atoms with Crippen molar-refractivity contribution in [1.82, 2.24) is 10.9 Å². The molecule has 0 unspecified atom stereocenters. The van der Waals surface area contributed by atoms with Crippen LogP contribution in [0, 0.1) is 11.6 Å². The molecule has 4 nitrogen and oxygen atoms in total. The van der Waals surface area contributed by atoms with E-state index in [0.717, 1.165) is 12.1 Å². The van der Waals surface area contributed by atoms with Crippen molar-refractivity contribution in [2.24, 2.45) is 5.73 Å². The van der Waals surface area contributed by atoms with Gasteiger partial charge in [0.2, 0.25) is 0 Å². The number of hydrogen-bond acceptors (Lipinski definition) is 3. The Bertz CT molecular complexity index is 397. The topological polar surface area (TPSA) is 62.1 Å². The molecule has 0 aliphatic rings. The van der Waals surface area contributed by atoms with E-state index in [1.165, 1.54) is 7.05 Å². The largest absolute Gasteiger partial charge is 0.386 e. The van der Waals surface area contributed by atoms with Gasteiger partial charge in [-0.3, -0.25) is 5.43 Å². The van der Waals surface area contributed by atoms with Gasteiger partial charge in [0.25, 0.3) is 0 Å². The van der Waals surface area contributed by atoms with Gasteiger partial charge in [-0.05, 0) is 18.3 Å². The SMILES string of the molecule is CNc1cc(F)c(CNNC(N)=S)cc1F. The van der Waals surface area contributed by atoms with E-state index in [1.54, 1.807) is 0 Å². The number of anilines is 1. The first kappa shape index (κ1) is 12.6. The third kappa shape index (κ3) is 3.28. The predicted octanol–water partition coefficient (Wildman–Crippen LogP) is 0.844. The van der Waals surface area contributed by atoms with E-state index >= 15 is 0 Å². The standard InChI is InChI=1S/C9H12F2N4S/c1-13-8-3-6(10)5(2-7(8)11)4-14-15-9(12)16/h2-3,13-14H,4H2,1H3,(H3,12,15,16). The summed E-state index contributed by atoms with van der Waals surface area (Å²) < 4.78 is 26.7. The van der Waals surface area contributed by atoms with Crippen LogP contribution in [-0.2, 0) is 6.54 Å². The second kappa shape index (κ2) is 5.57. The molecule has 0 aromatic heterocycles. The Labute approximate surface area is 97.2 Å². The summed E-state index contributed by atoms with van der Waals surface area (Å²) in [5, 5.41) is 2.58. The molecule has 5 N–H and O–H groups in total. The van der Waals surface area contributed by atoms with Crippen LogP contribution in [0.1, 0.15) is 5.56 Å². The maximum atomic E-state index is 13.4. The second-order valence-electron chi connectivity index (χ2n) is 3.02. The lowest BCUT2D eigenvalue weighted by Crippen LogP contribution is -2.40. The van der Waals surface area contributed by atoms with E-state index in [4.69, 9.17) is 5.73 Å². The molecule has 1 aromatic carbocycles. The minimum Gasteiger partial charge on any atom is -0.386 e. The predicted molar refractivity (Wildman–Crippen MR) is 62.7 cm³/mol. The zero-order chi connectivity index (χ0) is 12.1. The molecule has 0 amide bonds. The fourth-order valence-corrected chi connectivity index (χ4v) is 1.21. The third-order valence-electron chi connectivity index (χ3n) is 1.90. The molecule has 16 heavy (non-hydrogen) atoms. The van der Waals surface area contributed by atoms with Crippen molar-refractivity contribution in [2.45, 2.75) is 6.54 Å². The molecule has 1 aromatic rings. The molecule has 88 valence electrons. The maximum Gasteiger partial charge on any atom is 0.178 e. The summed E-state index contributed by atoms with van der Waals surface area (Å²) in [6.07, 6.45) is 0. The van der Waals surface area contributed by atoms with Gasteiger partial charge in [-0.25, -0.2) is 14.2 Å². The molecular formula is C9H12F2N4S. The highest BCUT2D eigenvalue weighted by atomic mass is 32.1. The third-order valence-corrected chi connectivity index (χ3v) is 2.00. The Hall–Kier alpha value is -1.47. The van der Waals surface area contributed by atoms with E-state index in [9.17, 15) is 8.78 Å². The van der Waals surface area contributed by atoms with Crippen molar-refractivity contribution in [3.63, 3.8) is 0 Å². The average Bonchev–Trinajstić information content (AvgIpc) is 2.22. The molecule has 7 heteroatoms. The van der Waals surface area contributed by atoms with Crippen LogP contribution < -0.4 is 21.9 Å². The molecule has 0 saturated heterocycles. The summed E-state index contributed by atoms with van der Waals surface area (Å²) in [4.78, 5) is 0. The van der Waals surface area contributed by atoms with Crippen LogP contribution in [-0.4, -0.2) is 12.2 Å². The number of rotatable bonds is 4. The van der Waals surface area contributed by atoms with Gasteiger partial charge in [-0.15, -0.1) is 0 Å². The molecule has 0 aliphatic heterocycles. The van der Waals surface area contributed by atoms with Crippen LogP contribution in [0.15, 0.2) is 12.1 Å². The summed E-state index contributed by atoms with van der Waals surface area (Å²) in [6.45, 7) is 0.0735. The molecule has 1 rings (SSSR count). The number of thiocarbonyl (C=S) groups is 1. The van der Waals surface area contributed by atoms with Gasteiger partial charge in [0.05, 0.1) is 5.69 Å². The first-order chi connectivity index (χ1) is 7.54. The van der Waals surface area contributed by atoms with E-state index in [-0.39, 0.29) is 22.9 Å². The monoisotopic (exact) mass is 246 g/mol. The van der Waals surface area contributed by atoms with Crippen LogP contribution in [0.3, 0.4) is 0 Å². The van der Waals surface area contributed by atoms with Crippen molar-refractivity contribution in [1.29, 1.82) is 0 Å². The van der Waals surface area contributed by atoms with Crippen molar-refractivity contribution < 1.29 is 8.78 Å². The smallest absolute Gasteiger partial charge is 0.178 e. The van der Waals surface area contributed by atoms with Gasteiger partial charge in [-0.1, -0.05) is 0 Å². The Kier molecular flexibility index (Phi) is 4.39. The average molecular weight is 246 g/mol. The first-order valence-corrected chi connectivity index (χ1v) is 4.89. The lowest BCUT2D eigenvalue weighted by Gasteiger charge is -2.09. The minimum absolute atomic E-state index is 0.0349. The normalized spacial score (nSPS) is 9.94. The number of halogens is 2. The molecule has 0 radical (unpaired) electrons. The lowest BCUT2D eigenvalue weighted by atomic mass is 10.2. The molecule has 0 fully saturated rings. The Morgan fingerprint density at radius 3 is 2.62 bits per heavy atom. The molecule has 0 aliphatic carbocycles. The highest BCUT2D eigenvalue weighted by Crippen LogP contribution is 2.18. The molecule has 0 saturated carbocycles. The highest BCUT2D eigenvalue weighted by molar-refractivity contribution is 7.80. The lowest BCUT2D eigenvalue weighted by molar-refractivity contribution is 0.563. The van der Waals surface area contributed by atoms with E-state index in [0.29, 0.717) is 0 Å². The maximum absolute atomic E-state index is 13.4. The zero-order valence-electron chi connectivity index (χ0n) is 8.60. The van der Waals surface area contributed by atoms with Crippen LogP contribution >= 0.6 is 12.2 Å². The zero-order valence-corrected chi connectivity index (χ0v) is 9.42. The summed E-state index contributed by atoms with van der Waals surface area (Å²) in [5.41, 5.74) is 10.4. The fraction of sp³-hybridized carbons (Fsp3) is 0.222. The van der Waals surface area contributed by atoms with E-state index in [1.807, 2.05) is 0 Å². The number of hydrogen-bond donors (Lipinski definition) is 4. The summed E-state index contributed by atoms with van der Waals surface area (Å²) in [5.74, 6) is -1.03. The molecular weight excluding hydrogens is 234 g/mol. The van der Waals surface area contributed by atoms with Gasteiger partial charge in [0.1, 0.15) is 11.6 Å². The molecule has 0 spiro atoms. The van der Waals surface area contributed by atoms with E-state index < -0.39 is 11.6 Å². The van der Waals surface area contributed by atoms with Crippen LogP contribution in [0.2, 0.25) is 0 Å². The fourth-order valence-electron chi connectivity index (χ4n) is 1.14.